The van der Waals surface area contributed by atoms with E-state index in [0.29, 0.717) is 0 Å². The first kappa shape index (κ1) is 11.0. The fourth-order valence-electron chi connectivity index (χ4n) is 3.86. The van der Waals surface area contributed by atoms with Crippen molar-refractivity contribution in [2.75, 3.05) is 32.7 Å². The van der Waals surface area contributed by atoms with Gasteiger partial charge in [-0.05, 0) is 51.2 Å². The smallest absolute Gasteiger partial charge is 0.0253 e. The first-order chi connectivity index (χ1) is 7.95. The Balaban J connectivity index is 1.67. The molecule has 3 aliphatic heterocycles. The van der Waals surface area contributed by atoms with E-state index in [1.807, 2.05) is 0 Å². The molecular weight excluding hydrogens is 198 g/mol. The van der Waals surface area contributed by atoms with E-state index in [1.165, 1.54) is 64.8 Å². The standard InChI is InChI=1S/C13H25N3/c1-2-8-16-12(3-1)9-15-10-13(16)11-4-6-14-7-5-11/h11-15H,1-10H2. The summed E-state index contributed by atoms with van der Waals surface area (Å²) in [5.74, 6) is 0.939. The molecule has 0 aromatic carbocycles. The first-order valence-corrected chi connectivity index (χ1v) is 7.12. The number of nitrogens with one attached hydrogen (secondary N) is 2. The lowest BCUT2D eigenvalue weighted by Crippen LogP contribution is -2.61. The van der Waals surface area contributed by atoms with Gasteiger partial charge in [0, 0.05) is 25.2 Å². The zero-order valence-electron chi connectivity index (χ0n) is 10.3. The fourth-order valence-corrected chi connectivity index (χ4v) is 3.86. The van der Waals surface area contributed by atoms with Gasteiger partial charge in [-0.3, -0.25) is 4.90 Å². The molecular formula is C13H25N3. The van der Waals surface area contributed by atoms with E-state index in [0.717, 1.165) is 18.0 Å². The zero-order valence-corrected chi connectivity index (χ0v) is 10.3. The largest absolute Gasteiger partial charge is 0.317 e. The predicted octanol–water partition coefficient (Wildman–Crippen LogP) is 0.812. The molecule has 0 spiro atoms. The van der Waals surface area contributed by atoms with Gasteiger partial charge in [0.25, 0.3) is 0 Å². The van der Waals surface area contributed by atoms with Crippen LogP contribution in [-0.4, -0.2) is 49.7 Å². The van der Waals surface area contributed by atoms with E-state index in [9.17, 15) is 0 Å². The Morgan fingerprint density at radius 2 is 1.75 bits per heavy atom. The van der Waals surface area contributed by atoms with Crippen molar-refractivity contribution in [1.29, 1.82) is 0 Å². The number of piperidine rings is 2. The quantitative estimate of drug-likeness (QED) is 0.689. The summed E-state index contributed by atoms with van der Waals surface area (Å²) >= 11 is 0. The first-order valence-electron chi connectivity index (χ1n) is 7.12. The third kappa shape index (κ3) is 2.13. The maximum Gasteiger partial charge on any atom is 0.0253 e. The molecule has 0 radical (unpaired) electrons. The van der Waals surface area contributed by atoms with Crippen LogP contribution in [0.5, 0.6) is 0 Å². The highest BCUT2D eigenvalue weighted by atomic mass is 15.3. The van der Waals surface area contributed by atoms with Crippen molar-refractivity contribution in [3.8, 4) is 0 Å². The molecule has 0 aliphatic carbocycles. The van der Waals surface area contributed by atoms with Crippen LogP contribution in [0.1, 0.15) is 32.1 Å². The summed E-state index contributed by atoms with van der Waals surface area (Å²) < 4.78 is 0. The molecule has 0 bridgehead atoms. The van der Waals surface area contributed by atoms with Gasteiger partial charge in [0.15, 0.2) is 0 Å². The molecule has 0 aromatic rings. The van der Waals surface area contributed by atoms with Crippen LogP contribution < -0.4 is 10.6 Å². The van der Waals surface area contributed by atoms with Crippen molar-refractivity contribution < 1.29 is 0 Å². The molecule has 3 aliphatic rings. The van der Waals surface area contributed by atoms with Gasteiger partial charge in [0.2, 0.25) is 0 Å². The highest BCUT2D eigenvalue weighted by Crippen LogP contribution is 2.28. The SMILES string of the molecule is C1CCN2C(C1)CNCC2C1CCNCC1. The van der Waals surface area contributed by atoms with Crippen LogP contribution in [0.4, 0.5) is 0 Å². The highest BCUT2D eigenvalue weighted by molar-refractivity contribution is 4.94. The third-order valence-corrected chi connectivity index (χ3v) is 4.76. The minimum Gasteiger partial charge on any atom is -0.317 e. The molecule has 0 amide bonds. The lowest BCUT2D eigenvalue weighted by Gasteiger charge is -2.49. The number of hydrogen-bond acceptors (Lipinski definition) is 3. The van der Waals surface area contributed by atoms with Crippen LogP contribution in [0.3, 0.4) is 0 Å². The summed E-state index contributed by atoms with van der Waals surface area (Å²) in [6.07, 6.45) is 7.07. The molecule has 3 fully saturated rings. The van der Waals surface area contributed by atoms with Gasteiger partial charge in [0.1, 0.15) is 0 Å². The summed E-state index contributed by atoms with van der Waals surface area (Å²) in [4.78, 5) is 2.84. The van der Waals surface area contributed by atoms with Gasteiger partial charge in [-0.1, -0.05) is 6.42 Å². The number of fused-ring (bicyclic) bond motifs is 1. The molecule has 2 N–H and O–H groups in total. The van der Waals surface area contributed by atoms with Crippen molar-refractivity contribution in [3.05, 3.63) is 0 Å². The zero-order chi connectivity index (χ0) is 10.8. The lowest BCUT2D eigenvalue weighted by molar-refractivity contribution is 0.0256. The second kappa shape index (κ2) is 5.03. The molecule has 3 nitrogen and oxygen atoms in total. The van der Waals surface area contributed by atoms with Crippen LogP contribution >= 0.6 is 0 Å². The monoisotopic (exact) mass is 223 g/mol. The fraction of sp³-hybridized carbons (Fsp3) is 1.00. The number of piperazine rings is 1. The Hall–Kier alpha value is -0.120. The summed E-state index contributed by atoms with van der Waals surface area (Å²) in [6, 6.07) is 1.68. The van der Waals surface area contributed by atoms with Gasteiger partial charge in [-0.2, -0.15) is 0 Å². The van der Waals surface area contributed by atoms with Crippen molar-refractivity contribution in [2.45, 2.75) is 44.2 Å². The molecule has 0 saturated carbocycles. The normalized spacial score (nSPS) is 38.2. The van der Waals surface area contributed by atoms with E-state index in [-0.39, 0.29) is 0 Å². The summed E-state index contributed by atoms with van der Waals surface area (Å²) in [5.41, 5.74) is 0. The van der Waals surface area contributed by atoms with Gasteiger partial charge in [0.05, 0.1) is 0 Å². The van der Waals surface area contributed by atoms with E-state index >= 15 is 0 Å². The summed E-state index contributed by atoms with van der Waals surface area (Å²) in [5, 5.41) is 7.16. The van der Waals surface area contributed by atoms with Crippen LogP contribution in [0, 0.1) is 5.92 Å². The van der Waals surface area contributed by atoms with Crippen molar-refractivity contribution in [3.63, 3.8) is 0 Å². The van der Waals surface area contributed by atoms with E-state index in [2.05, 4.69) is 15.5 Å². The maximum absolute atomic E-state index is 3.67. The summed E-state index contributed by atoms with van der Waals surface area (Å²) in [7, 11) is 0. The van der Waals surface area contributed by atoms with Gasteiger partial charge >= 0.3 is 0 Å². The summed E-state index contributed by atoms with van der Waals surface area (Å²) in [6.45, 7) is 6.31. The maximum atomic E-state index is 3.67. The second-order valence-corrected chi connectivity index (χ2v) is 5.70. The van der Waals surface area contributed by atoms with Crippen molar-refractivity contribution in [1.82, 2.24) is 15.5 Å². The molecule has 2 atom stereocenters. The Labute approximate surface area is 99.0 Å². The van der Waals surface area contributed by atoms with Crippen LogP contribution in [0.2, 0.25) is 0 Å². The van der Waals surface area contributed by atoms with Gasteiger partial charge in [-0.25, -0.2) is 0 Å². The number of nitrogens with zero attached hydrogens (tertiary/aromatic N) is 1. The molecule has 3 heteroatoms. The minimum absolute atomic E-state index is 0.834. The Morgan fingerprint density at radius 3 is 2.62 bits per heavy atom. The second-order valence-electron chi connectivity index (χ2n) is 5.70. The van der Waals surface area contributed by atoms with Gasteiger partial charge < -0.3 is 10.6 Å². The van der Waals surface area contributed by atoms with E-state index < -0.39 is 0 Å². The highest BCUT2D eigenvalue weighted by Gasteiger charge is 2.36. The molecule has 16 heavy (non-hydrogen) atoms. The van der Waals surface area contributed by atoms with Crippen LogP contribution in [-0.2, 0) is 0 Å². The van der Waals surface area contributed by atoms with Crippen LogP contribution in [0.25, 0.3) is 0 Å². The van der Waals surface area contributed by atoms with Crippen molar-refractivity contribution in [2.24, 2.45) is 5.92 Å². The average molecular weight is 223 g/mol. The molecule has 2 unspecified atom stereocenters. The Kier molecular flexibility index (Phi) is 3.46. The van der Waals surface area contributed by atoms with Crippen LogP contribution in [0.15, 0.2) is 0 Å². The molecule has 3 rings (SSSR count). The van der Waals surface area contributed by atoms with E-state index in [4.69, 9.17) is 0 Å². The average Bonchev–Trinajstić information content (AvgIpc) is 2.39. The minimum atomic E-state index is 0.834. The predicted molar refractivity (Wildman–Crippen MR) is 66.6 cm³/mol. The third-order valence-electron chi connectivity index (χ3n) is 4.76. The topological polar surface area (TPSA) is 27.3 Å². The molecule has 92 valence electrons. The van der Waals surface area contributed by atoms with E-state index in [1.54, 1.807) is 0 Å². The number of hydrogen-bond donors (Lipinski definition) is 2. The van der Waals surface area contributed by atoms with Crippen molar-refractivity contribution >= 4 is 0 Å². The Bertz CT molecular complexity index is 223. The molecule has 3 saturated heterocycles. The number of rotatable bonds is 1. The Morgan fingerprint density at radius 1 is 0.875 bits per heavy atom. The molecule has 0 aromatic heterocycles. The lowest BCUT2D eigenvalue weighted by atomic mass is 9.85. The van der Waals surface area contributed by atoms with Gasteiger partial charge in [-0.15, -0.1) is 0 Å². The molecule has 3 heterocycles.